The van der Waals surface area contributed by atoms with Gasteiger partial charge in [-0.2, -0.15) is 0 Å². The van der Waals surface area contributed by atoms with E-state index in [9.17, 15) is 4.79 Å². The van der Waals surface area contributed by atoms with Gasteiger partial charge in [0, 0.05) is 22.2 Å². The lowest BCUT2D eigenvalue weighted by atomic mass is 9.92. The van der Waals surface area contributed by atoms with Gasteiger partial charge in [0.25, 0.3) is 5.91 Å². The summed E-state index contributed by atoms with van der Waals surface area (Å²) in [4.78, 5) is 14.4. The molecule has 1 heterocycles. The molecular formula is C15H19ClINO. The zero-order valence-electron chi connectivity index (χ0n) is 11.2. The van der Waals surface area contributed by atoms with E-state index in [-0.39, 0.29) is 5.91 Å². The number of benzene rings is 1. The van der Waals surface area contributed by atoms with Crippen LogP contribution in [-0.4, -0.2) is 23.9 Å². The molecule has 2 nitrogen and oxygen atoms in total. The highest BCUT2D eigenvalue weighted by atomic mass is 127. The molecule has 1 amide bonds. The zero-order chi connectivity index (χ0) is 13.8. The Kier molecular flexibility index (Phi) is 5.51. The van der Waals surface area contributed by atoms with E-state index >= 15 is 0 Å². The summed E-state index contributed by atoms with van der Waals surface area (Å²) in [5.41, 5.74) is 0.708. The molecule has 0 spiro atoms. The summed E-state index contributed by atoms with van der Waals surface area (Å²) in [6, 6.07) is 5.55. The van der Waals surface area contributed by atoms with Crippen molar-refractivity contribution in [3.8, 4) is 0 Å². The molecule has 2 rings (SSSR count). The maximum atomic E-state index is 12.4. The van der Waals surface area contributed by atoms with Gasteiger partial charge in [0.05, 0.1) is 5.02 Å². The smallest absolute Gasteiger partial charge is 0.253 e. The molecule has 1 aliphatic rings. The van der Waals surface area contributed by atoms with E-state index in [2.05, 4.69) is 29.5 Å². The summed E-state index contributed by atoms with van der Waals surface area (Å²) in [5, 5.41) is 0.660. The molecule has 0 radical (unpaired) electrons. The van der Waals surface area contributed by atoms with Gasteiger partial charge in [-0.1, -0.05) is 31.4 Å². The molecule has 0 unspecified atom stereocenters. The maximum Gasteiger partial charge on any atom is 0.253 e. The highest BCUT2D eigenvalue weighted by Gasteiger charge is 2.23. The van der Waals surface area contributed by atoms with Gasteiger partial charge in [-0.05, 0) is 59.5 Å². The summed E-state index contributed by atoms with van der Waals surface area (Å²) in [6.45, 7) is 3.99. The standard InChI is InChI=1S/C15H19ClINO/c1-2-3-11-6-8-18(9-7-11)15(19)12-4-5-14(17)13(16)10-12/h4-5,10-11H,2-3,6-9H2,1H3. The van der Waals surface area contributed by atoms with E-state index in [1.54, 1.807) is 6.07 Å². The number of piperidine rings is 1. The highest BCUT2D eigenvalue weighted by Crippen LogP contribution is 2.24. The second kappa shape index (κ2) is 6.93. The van der Waals surface area contributed by atoms with Gasteiger partial charge in [0.2, 0.25) is 0 Å². The fourth-order valence-corrected chi connectivity index (χ4v) is 3.16. The molecule has 0 bridgehead atoms. The van der Waals surface area contributed by atoms with Gasteiger partial charge in [-0.25, -0.2) is 0 Å². The fourth-order valence-electron chi connectivity index (χ4n) is 2.64. The quantitative estimate of drug-likeness (QED) is 0.690. The van der Waals surface area contributed by atoms with E-state index < -0.39 is 0 Å². The second-order valence-electron chi connectivity index (χ2n) is 5.15. The van der Waals surface area contributed by atoms with Crippen molar-refractivity contribution in [2.24, 2.45) is 5.92 Å². The predicted molar refractivity (Wildman–Crippen MR) is 87.7 cm³/mol. The number of carbonyl (C=O) groups is 1. The maximum absolute atomic E-state index is 12.4. The van der Waals surface area contributed by atoms with Crippen molar-refractivity contribution in [3.63, 3.8) is 0 Å². The first-order valence-electron chi connectivity index (χ1n) is 6.86. The first-order valence-corrected chi connectivity index (χ1v) is 8.31. The van der Waals surface area contributed by atoms with Crippen LogP contribution in [0.3, 0.4) is 0 Å². The lowest BCUT2D eigenvalue weighted by molar-refractivity contribution is 0.0686. The molecule has 0 saturated carbocycles. The number of carbonyl (C=O) groups excluding carboxylic acids is 1. The summed E-state index contributed by atoms with van der Waals surface area (Å²) in [7, 11) is 0. The number of hydrogen-bond acceptors (Lipinski definition) is 1. The van der Waals surface area contributed by atoms with Crippen LogP contribution in [0.25, 0.3) is 0 Å². The van der Waals surface area contributed by atoms with Crippen molar-refractivity contribution >= 4 is 40.1 Å². The van der Waals surface area contributed by atoms with Gasteiger partial charge < -0.3 is 4.90 Å². The van der Waals surface area contributed by atoms with Crippen molar-refractivity contribution in [1.29, 1.82) is 0 Å². The normalized spacial score (nSPS) is 16.7. The van der Waals surface area contributed by atoms with Crippen molar-refractivity contribution in [2.75, 3.05) is 13.1 Å². The Morgan fingerprint density at radius 2 is 2.11 bits per heavy atom. The van der Waals surface area contributed by atoms with Crippen LogP contribution in [0.5, 0.6) is 0 Å². The molecule has 1 aromatic carbocycles. The number of rotatable bonds is 3. The molecule has 4 heteroatoms. The number of hydrogen-bond donors (Lipinski definition) is 0. The molecule has 0 aromatic heterocycles. The Hall–Kier alpha value is -0.290. The molecule has 104 valence electrons. The monoisotopic (exact) mass is 391 g/mol. The van der Waals surface area contributed by atoms with Gasteiger partial charge in [-0.3, -0.25) is 4.79 Å². The average Bonchev–Trinajstić information content (AvgIpc) is 2.42. The first-order chi connectivity index (χ1) is 9.11. The van der Waals surface area contributed by atoms with E-state index in [1.807, 2.05) is 17.0 Å². The Labute approximate surface area is 133 Å². The molecule has 1 fully saturated rings. The van der Waals surface area contributed by atoms with E-state index in [0.717, 1.165) is 35.4 Å². The number of halogens is 2. The molecule has 0 aliphatic carbocycles. The molecule has 19 heavy (non-hydrogen) atoms. The zero-order valence-corrected chi connectivity index (χ0v) is 14.1. The van der Waals surface area contributed by atoms with Gasteiger partial charge in [-0.15, -0.1) is 0 Å². The Morgan fingerprint density at radius 1 is 1.42 bits per heavy atom. The molecule has 1 aromatic rings. The van der Waals surface area contributed by atoms with Crippen LogP contribution in [0.15, 0.2) is 18.2 Å². The van der Waals surface area contributed by atoms with Crippen LogP contribution in [0.4, 0.5) is 0 Å². The highest BCUT2D eigenvalue weighted by molar-refractivity contribution is 14.1. The summed E-state index contributed by atoms with van der Waals surface area (Å²) in [5.74, 6) is 0.919. The molecule has 0 atom stereocenters. The fraction of sp³-hybridized carbons (Fsp3) is 0.533. The minimum Gasteiger partial charge on any atom is -0.339 e. The minimum absolute atomic E-state index is 0.119. The molecule has 1 aliphatic heterocycles. The third-order valence-corrected chi connectivity index (χ3v) is 5.34. The van der Waals surface area contributed by atoms with Crippen LogP contribution < -0.4 is 0 Å². The van der Waals surface area contributed by atoms with Gasteiger partial charge in [0.1, 0.15) is 0 Å². The van der Waals surface area contributed by atoms with Crippen molar-refractivity contribution in [2.45, 2.75) is 32.6 Å². The van der Waals surface area contributed by atoms with Crippen LogP contribution in [0, 0.1) is 9.49 Å². The van der Waals surface area contributed by atoms with Crippen LogP contribution in [-0.2, 0) is 0 Å². The predicted octanol–water partition coefficient (Wildman–Crippen LogP) is 4.60. The third-order valence-electron chi connectivity index (χ3n) is 3.77. The van der Waals surface area contributed by atoms with Gasteiger partial charge in [0.15, 0.2) is 0 Å². The number of likely N-dealkylation sites (tertiary alicyclic amines) is 1. The summed E-state index contributed by atoms with van der Waals surface area (Å²) in [6.07, 6.45) is 4.80. The Morgan fingerprint density at radius 3 is 2.68 bits per heavy atom. The number of nitrogens with zero attached hydrogens (tertiary/aromatic N) is 1. The lowest BCUT2D eigenvalue weighted by Crippen LogP contribution is -2.38. The van der Waals surface area contributed by atoms with E-state index in [4.69, 9.17) is 11.6 Å². The topological polar surface area (TPSA) is 20.3 Å². The van der Waals surface area contributed by atoms with Crippen LogP contribution >= 0.6 is 34.2 Å². The van der Waals surface area contributed by atoms with Crippen molar-refractivity contribution in [3.05, 3.63) is 32.4 Å². The third kappa shape index (κ3) is 3.85. The van der Waals surface area contributed by atoms with Crippen molar-refractivity contribution in [1.82, 2.24) is 4.90 Å². The van der Waals surface area contributed by atoms with E-state index in [0.29, 0.717) is 10.6 Å². The van der Waals surface area contributed by atoms with Crippen LogP contribution in [0.2, 0.25) is 5.02 Å². The second-order valence-corrected chi connectivity index (χ2v) is 6.72. The summed E-state index contributed by atoms with van der Waals surface area (Å²) < 4.78 is 0.984. The van der Waals surface area contributed by atoms with Gasteiger partial charge >= 0.3 is 0 Å². The van der Waals surface area contributed by atoms with Crippen molar-refractivity contribution < 1.29 is 4.79 Å². The van der Waals surface area contributed by atoms with E-state index in [1.165, 1.54) is 12.8 Å². The number of amides is 1. The molecule has 1 saturated heterocycles. The summed E-state index contributed by atoms with van der Waals surface area (Å²) >= 11 is 8.26. The minimum atomic E-state index is 0.119. The molecular weight excluding hydrogens is 373 g/mol. The Bertz CT molecular complexity index is 455. The first kappa shape index (κ1) is 15.1. The lowest BCUT2D eigenvalue weighted by Gasteiger charge is -2.32. The average molecular weight is 392 g/mol. The molecule has 0 N–H and O–H groups in total. The van der Waals surface area contributed by atoms with Crippen LogP contribution in [0.1, 0.15) is 43.0 Å². The largest absolute Gasteiger partial charge is 0.339 e. The SMILES string of the molecule is CCCC1CCN(C(=O)c2ccc(I)c(Cl)c2)CC1. The Balaban J connectivity index is 1.99.